The van der Waals surface area contributed by atoms with Crippen molar-refractivity contribution in [2.24, 2.45) is 0 Å². The van der Waals surface area contributed by atoms with E-state index in [1.807, 2.05) is 54.2 Å². The number of rotatable bonds is 7. The molecule has 0 aliphatic heterocycles. The summed E-state index contributed by atoms with van der Waals surface area (Å²) >= 11 is 0. The SMILES string of the molecule is Cc1nnc(CN(C)Cc2cn(Cc3ccccc3)nc2-c2cc3ccccc3o2)o1. The highest BCUT2D eigenvalue weighted by atomic mass is 16.4. The van der Waals surface area contributed by atoms with E-state index in [9.17, 15) is 0 Å². The minimum atomic E-state index is 0.560. The lowest BCUT2D eigenvalue weighted by molar-refractivity contribution is 0.279. The van der Waals surface area contributed by atoms with Crippen LogP contribution in [-0.2, 0) is 19.6 Å². The highest BCUT2D eigenvalue weighted by Gasteiger charge is 2.18. The normalized spacial score (nSPS) is 11.6. The minimum absolute atomic E-state index is 0.560. The van der Waals surface area contributed by atoms with Gasteiger partial charge in [-0.05, 0) is 24.7 Å². The fourth-order valence-corrected chi connectivity index (χ4v) is 3.71. The number of aryl methyl sites for hydroxylation is 1. The highest BCUT2D eigenvalue weighted by molar-refractivity contribution is 5.82. The molecule has 0 atom stereocenters. The molecule has 0 unspecified atom stereocenters. The van der Waals surface area contributed by atoms with Crippen molar-refractivity contribution in [3.8, 4) is 11.5 Å². The molecule has 0 aliphatic carbocycles. The maximum atomic E-state index is 6.13. The molecule has 0 aliphatic rings. The van der Waals surface area contributed by atoms with E-state index in [0.717, 1.165) is 28.0 Å². The fraction of sp³-hybridized carbons (Fsp3) is 0.208. The van der Waals surface area contributed by atoms with E-state index in [1.54, 1.807) is 6.92 Å². The van der Waals surface area contributed by atoms with E-state index in [4.69, 9.17) is 13.9 Å². The van der Waals surface area contributed by atoms with Crippen LogP contribution in [0.1, 0.15) is 22.9 Å². The zero-order chi connectivity index (χ0) is 21.2. The molecule has 0 spiro atoms. The molecular weight excluding hydrogens is 390 g/mol. The van der Waals surface area contributed by atoms with Crippen molar-refractivity contribution >= 4 is 11.0 Å². The molecule has 0 radical (unpaired) electrons. The number of nitrogens with zero attached hydrogens (tertiary/aromatic N) is 5. The fourth-order valence-electron chi connectivity index (χ4n) is 3.71. The molecule has 3 heterocycles. The average molecular weight is 413 g/mol. The number of benzene rings is 2. The van der Waals surface area contributed by atoms with Crippen molar-refractivity contribution in [1.29, 1.82) is 0 Å². The molecule has 2 aromatic carbocycles. The van der Waals surface area contributed by atoms with Crippen LogP contribution in [0.25, 0.3) is 22.4 Å². The second-order valence-electron chi connectivity index (χ2n) is 7.72. The Kier molecular flexibility index (Phi) is 5.09. The third-order valence-corrected chi connectivity index (χ3v) is 5.10. The van der Waals surface area contributed by atoms with Crippen LogP contribution < -0.4 is 0 Å². The predicted octanol–water partition coefficient (Wildman–Crippen LogP) is 4.67. The Balaban J connectivity index is 1.46. The second kappa shape index (κ2) is 8.20. The number of furan rings is 1. The van der Waals surface area contributed by atoms with Crippen LogP contribution in [0.3, 0.4) is 0 Å². The molecule has 5 aromatic rings. The van der Waals surface area contributed by atoms with Gasteiger partial charge in [-0.15, -0.1) is 10.2 Å². The van der Waals surface area contributed by atoms with Gasteiger partial charge >= 0.3 is 0 Å². The van der Waals surface area contributed by atoms with Crippen molar-refractivity contribution in [3.63, 3.8) is 0 Å². The third-order valence-electron chi connectivity index (χ3n) is 5.10. The minimum Gasteiger partial charge on any atom is -0.454 e. The zero-order valence-electron chi connectivity index (χ0n) is 17.5. The maximum absolute atomic E-state index is 6.13. The first-order valence-corrected chi connectivity index (χ1v) is 10.2. The molecule has 31 heavy (non-hydrogen) atoms. The third kappa shape index (κ3) is 4.27. The summed E-state index contributed by atoms with van der Waals surface area (Å²) in [6.45, 7) is 3.72. The number of para-hydroxylation sites is 1. The molecule has 5 rings (SSSR count). The van der Waals surface area contributed by atoms with Crippen LogP contribution in [0.5, 0.6) is 0 Å². The van der Waals surface area contributed by atoms with Crippen LogP contribution in [-0.4, -0.2) is 31.9 Å². The Hall–Kier alpha value is -3.71. The van der Waals surface area contributed by atoms with Gasteiger partial charge in [-0.1, -0.05) is 48.5 Å². The van der Waals surface area contributed by atoms with Gasteiger partial charge in [0.05, 0.1) is 13.1 Å². The van der Waals surface area contributed by atoms with Crippen molar-refractivity contribution in [2.75, 3.05) is 7.05 Å². The van der Waals surface area contributed by atoms with Gasteiger partial charge in [0.25, 0.3) is 0 Å². The first-order valence-electron chi connectivity index (χ1n) is 10.2. The van der Waals surface area contributed by atoms with Gasteiger partial charge in [0, 0.05) is 30.6 Å². The Morgan fingerprint density at radius 1 is 0.935 bits per heavy atom. The molecule has 0 saturated heterocycles. The first-order chi connectivity index (χ1) is 15.1. The standard InChI is InChI=1S/C24H23N5O2/c1-17-25-26-23(30-17)16-28(2)14-20-15-29(13-18-8-4-3-5-9-18)27-24(20)22-12-19-10-6-7-11-21(19)31-22/h3-12,15H,13-14,16H2,1-2H3. The Bertz CT molecular complexity index is 1270. The number of aromatic nitrogens is 4. The van der Waals surface area contributed by atoms with Gasteiger partial charge < -0.3 is 8.83 Å². The van der Waals surface area contributed by atoms with Gasteiger partial charge in [0.1, 0.15) is 11.3 Å². The second-order valence-corrected chi connectivity index (χ2v) is 7.72. The Morgan fingerprint density at radius 3 is 2.52 bits per heavy atom. The van der Waals surface area contributed by atoms with Crippen LogP contribution in [0.2, 0.25) is 0 Å². The summed E-state index contributed by atoms with van der Waals surface area (Å²) in [4.78, 5) is 2.13. The highest BCUT2D eigenvalue weighted by Crippen LogP contribution is 2.30. The van der Waals surface area contributed by atoms with Gasteiger partial charge in [-0.2, -0.15) is 5.10 Å². The quantitative estimate of drug-likeness (QED) is 0.386. The van der Waals surface area contributed by atoms with E-state index in [0.29, 0.717) is 31.4 Å². The molecule has 3 aromatic heterocycles. The van der Waals surface area contributed by atoms with Crippen LogP contribution >= 0.6 is 0 Å². The summed E-state index contributed by atoms with van der Waals surface area (Å²) in [5.74, 6) is 1.94. The molecule has 0 amide bonds. The largest absolute Gasteiger partial charge is 0.454 e. The van der Waals surface area contributed by atoms with Crippen molar-refractivity contribution in [2.45, 2.75) is 26.6 Å². The van der Waals surface area contributed by atoms with E-state index < -0.39 is 0 Å². The molecule has 7 nitrogen and oxygen atoms in total. The zero-order valence-corrected chi connectivity index (χ0v) is 17.5. The van der Waals surface area contributed by atoms with Crippen LogP contribution in [0.15, 0.2) is 75.7 Å². The van der Waals surface area contributed by atoms with Crippen molar-refractivity contribution in [3.05, 3.63) is 89.8 Å². The smallest absolute Gasteiger partial charge is 0.230 e. The first kappa shape index (κ1) is 19.3. The summed E-state index contributed by atoms with van der Waals surface area (Å²) in [5.41, 5.74) is 3.98. The lowest BCUT2D eigenvalue weighted by Crippen LogP contribution is -2.17. The number of fused-ring (bicyclic) bond motifs is 1. The van der Waals surface area contributed by atoms with Gasteiger partial charge in [-0.25, -0.2) is 0 Å². The molecule has 0 fully saturated rings. The lowest BCUT2D eigenvalue weighted by Gasteiger charge is -2.13. The number of hydrogen-bond acceptors (Lipinski definition) is 6. The predicted molar refractivity (Wildman–Crippen MR) is 117 cm³/mol. The van der Waals surface area contributed by atoms with E-state index in [2.05, 4.69) is 39.5 Å². The Labute approximate surface area is 179 Å². The topological polar surface area (TPSA) is 73.1 Å². The van der Waals surface area contributed by atoms with Crippen LogP contribution in [0, 0.1) is 6.92 Å². The molecule has 7 heteroatoms. The molecule has 156 valence electrons. The van der Waals surface area contributed by atoms with E-state index in [1.165, 1.54) is 5.56 Å². The van der Waals surface area contributed by atoms with Gasteiger partial charge in [0.2, 0.25) is 11.8 Å². The summed E-state index contributed by atoms with van der Waals surface area (Å²) in [6.07, 6.45) is 2.09. The average Bonchev–Trinajstić information content (AvgIpc) is 3.47. The molecule has 0 bridgehead atoms. The van der Waals surface area contributed by atoms with Gasteiger partial charge in [-0.3, -0.25) is 9.58 Å². The van der Waals surface area contributed by atoms with E-state index >= 15 is 0 Å². The maximum Gasteiger partial charge on any atom is 0.230 e. The van der Waals surface area contributed by atoms with E-state index in [-0.39, 0.29) is 0 Å². The van der Waals surface area contributed by atoms with Crippen LogP contribution in [0.4, 0.5) is 0 Å². The van der Waals surface area contributed by atoms with Crippen molar-refractivity contribution in [1.82, 2.24) is 24.9 Å². The summed E-state index contributed by atoms with van der Waals surface area (Å²) in [6, 6.07) is 20.4. The summed E-state index contributed by atoms with van der Waals surface area (Å²) < 4.78 is 13.6. The summed E-state index contributed by atoms with van der Waals surface area (Å²) in [5, 5.41) is 14.0. The summed E-state index contributed by atoms with van der Waals surface area (Å²) in [7, 11) is 2.02. The molecule has 0 N–H and O–H groups in total. The monoisotopic (exact) mass is 413 g/mol. The molecule has 0 saturated carbocycles. The Morgan fingerprint density at radius 2 is 1.74 bits per heavy atom. The lowest BCUT2D eigenvalue weighted by atomic mass is 10.2. The van der Waals surface area contributed by atoms with Gasteiger partial charge in [0.15, 0.2) is 5.76 Å². The van der Waals surface area contributed by atoms with Crippen molar-refractivity contribution < 1.29 is 8.83 Å². The molecular formula is C24H23N5O2. The number of hydrogen-bond donors (Lipinski definition) is 0.